The van der Waals surface area contributed by atoms with Crippen LogP contribution in [0.5, 0.6) is 0 Å². The highest BCUT2D eigenvalue weighted by Gasteiger charge is 1.95. The highest BCUT2D eigenvalue weighted by Crippen LogP contribution is 1.95. The number of carboxylic acids is 1. The highest BCUT2D eigenvalue weighted by atomic mass is 16.6. The number of aliphatic carboxylic acids is 1. The van der Waals surface area contributed by atoms with Crippen molar-refractivity contribution in [1.29, 1.82) is 0 Å². The number of hydrogen-bond acceptors (Lipinski definition) is 3. The number of nitrogens with zero attached hydrogens (tertiary/aromatic N) is 1. The minimum Gasteiger partial charge on any atom is -0.481 e. The van der Waals surface area contributed by atoms with E-state index in [1.54, 1.807) is 0 Å². The molecule has 0 spiro atoms. The van der Waals surface area contributed by atoms with Gasteiger partial charge in [0.15, 0.2) is 0 Å². The third kappa shape index (κ3) is 8.54. The van der Waals surface area contributed by atoms with Crippen LogP contribution < -0.4 is 11.5 Å². The number of carbonyl (C=O) groups is 1. The van der Waals surface area contributed by atoms with Crippen molar-refractivity contribution in [3.8, 4) is 0 Å². The Hall–Kier alpha value is -1.46. The summed E-state index contributed by atoms with van der Waals surface area (Å²) in [5, 5.41) is 11.5. The van der Waals surface area contributed by atoms with Crippen molar-refractivity contribution in [2.45, 2.75) is 19.3 Å². The summed E-state index contributed by atoms with van der Waals surface area (Å²) in [5.41, 5.74) is 9.93. The van der Waals surface area contributed by atoms with Crippen LogP contribution in [-0.2, 0) is 9.63 Å². The first-order valence-corrected chi connectivity index (χ1v) is 3.55. The fourth-order valence-corrected chi connectivity index (χ4v) is 0.563. The van der Waals surface area contributed by atoms with Crippen molar-refractivity contribution in [3.05, 3.63) is 0 Å². The SMILES string of the molecule is NC(N)=NOCCCCC(=O)O. The van der Waals surface area contributed by atoms with Gasteiger partial charge in [-0.2, -0.15) is 0 Å². The molecule has 0 heterocycles. The lowest BCUT2D eigenvalue weighted by Crippen LogP contribution is -2.22. The van der Waals surface area contributed by atoms with Crippen LogP contribution >= 0.6 is 0 Å². The van der Waals surface area contributed by atoms with Crippen molar-refractivity contribution in [2.75, 3.05) is 6.61 Å². The van der Waals surface area contributed by atoms with Gasteiger partial charge in [-0.3, -0.25) is 4.79 Å². The van der Waals surface area contributed by atoms with Crippen LogP contribution in [0.4, 0.5) is 0 Å². The first-order chi connectivity index (χ1) is 5.63. The maximum absolute atomic E-state index is 10.0. The van der Waals surface area contributed by atoms with Gasteiger partial charge in [0.05, 0.1) is 0 Å². The van der Waals surface area contributed by atoms with Crippen LogP contribution in [0.3, 0.4) is 0 Å². The molecule has 0 amide bonds. The molecule has 0 rings (SSSR count). The van der Waals surface area contributed by atoms with Crippen LogP contribution in [0, 0.1) is 0 Å². The van der Waals surface area contributed by atoms with Crippen LogP contribution in [0.25, 0.3) is 0 Å². The van der Waals surface area contributed by atoms with Crippen molar-refractivity contribution in [1.82, 2.24) is 0 Å². The van der Waals surface area contributed by atoms with E-state index in [1.165, 1.54) is 0 Å². The molecule has 0 bridgehead atoms. The topological polar surface area (TPSA) is 111 Å². The lowest BCUT2D eigenvalue weighted by molar-refractivity contribution is -0.137. The van der Waals surface area contributed by atoms with Gasteiger partial charge in [-0.1, -0.05) is 0 Å². The molecule has 0 aliphatic rings. The maximum atomic E-state index is 10.0. The summed E-state index contributed by atoms with van der Waals surface area (Å²) in [6.07, 6.45) is 1.34. The Morgan fingerprint density at radius 1 is 1.42 bits per heavy atom. The van der Waals surface area contributed by atoms with E-state index in [-0.39, 0.29) is 12.4 Å². The largest absolute Gasteiger partial charge is 0.481 e. The summed E-state index contributed by atoms with van der Waals surface area (Å²) in [6, 6.07) is 0. The molecule has 0 aromatic heterocycles. The fraction of sp³-hybridized carbons (Fsp3) is 0.667. The molecular weight excluding hydrogens is 162 g/mol. The Bertz CT molecular complexity index is 165. The predicted octanol–water partition coefficient (Wildman–Crippen LogP) is -0.554. The van der Waals surface area contributed by atoms with Gasteiger partial charge >= 0.3 is 5.97 Å². The molecule has 0 aromatic rings. The van der Waals surface area contributed by atoms with E-state index in [0.717, 1.165) is 0 Å². The fourth-order valence-electron chi connectivity index (χ4n) is 0.563. The molecular formula is C6H13N3O3. The standard InChI is InChI=1S/C6H13N3O3/c7-6(8)9-12-4-2-1-3-5(10)11/h1-4H2,(H,10,11)(H4,7,8,9). The Kier molecular flexibility index (Phi) is 5.50. The summed E-state index contributed by atoms with van der Waals surface area (Å²) < 4.78 is 0. The average molecular weight is 175 g/mol. The Balaban J connectivity index is 3.11. The zero-order valence-corrected chi connectivity index (χ0v) is 6.69. The van der Waals surface area contributed by atoms with E-state index in [9.17, 15) is 4.79 Å². The summed E-state index contributed by atoms with van der Waals surface area (Å²) in [6.45, 7) is 0.338. The monoisotopic (exact) mass is 175 g/mol. The maximum Gasteiger partial charge on any atom is 0.303 e. The van der Waals surface area contributed by atoms with Crippen molar-refractivity contribution in [2.24, 2.45) is 16.6 Å². The van der Waals surface area contributed by atoms with Gasteiger partial charge in [-0.05, 0) is 18.0 Å². The van der Waals surface area contributed by atoms with Gasteiger partial charge in [0.25, 0.3) is 0 Å². The Morgan fingerprint density at radius 2 is 2.08 bits per heavy atom. The molecule has 0 fully saturated rings. The van der Waals surface area contributed by atoms with E-state index in [4.69, 9.17) is 16.6 Å². The van der Waals surface area contributed by atoms with Crippen molar-refractivity contribution >= 4 is 11.9 Å². The molecule has 0 aliphatic heterocycles. The first kappa shape index (κ1) is 10.5. The molecule has 0 atom stereocenters. The second-order valence-electron chi connectivity index (χ2n) is 2.20. The van der Waals surface area contributed by atoms with Gasteiger partial charge < -0.3 is 21.4 Å². The van der Waals surface area contributed by atoms with Gasteiger partial charge in [-0.15, -0.1) is 0 Å². The van der Waals surface area contributed by atoms with E-state index in [0.29, 0.717) is 19.4 Å². The van der Waals surface area contributed by atoms with E-state index >= 15 is 0 Å². The number of nitrogens with two attached hydrogens (primary N) is 2. The lowest BCUT2D eigenvalue weighted by Gasteiger charge is -1.97. The molecule has 6 nitrogen and oxygen atoms in total. The molecule has 6 heteroatoms. The van der Waals surface area contributed by atoms with Gasteiger partial charge in [-0.25, -0.2) is 0 Å². The minimum atomic E-state index is -0.808. The van der Waals surface area contributed by atoms with E-state index in [2.05, 4.69) is 9.99 Å². The molecule has 0 saturated carbocycles. The third-order valence-electron chi connectivity index (χ3n) is 1.05. The minimum absolute atomic E-state index is 0.131. The van der Waals surface area contributed by atoms with Gasteiger partial charge in [0.2, 0.25) is 5.96 Å². The van der Waals surface area contributed by atoms with Gasteiger partial charge in [0.1, 0.15) is 6.61 Å². The Morgan fingerprint density at radius 3 is 2.58 bits per heavy atom. The summed E-state index contributed by atoms with van der Waals surface area (Å²) >= 11 is 0. The number of oxime groups is 1. The quantitative estimate of drug-likeness (QED) is 0.217. The normalized spacial score (nSPS) is 9.00. The van der Waals surface area contributed by atoms with Gasteiger partial charge in [0, 0.05) is 6.42 Å². The van der Waals surface area contributed by atoms with Crippen LogP contribution in [0.1, 0.15) is 19.3 Å². The van der Waals surface area contributed by atoms with Crippen LogP contribution in [0.2, 0.25) is 0 Å². The van der Waals surface area contributed by atoms with E-state index < -0.39 is 5.97 Å². The number of unbranched alkanes of at least 4 members (excludes halogenated alkanes) is 1. The molecule has 0 aromatic carbocycles. The highest BCUT2D eigenvalue weighted by molar-refractivity contribution is 5.74. The zero-order valence-electron chi connectivity index (χ0n) is 6.69. The molecule has 0 aliphatic carbocycles. The summed E-state index contributed by atoms with van der Waals surface area (Å²) in [4.78, 5) is 14.7. The molecule has 0 radical (unpaired) electrons. The second kappa shape index (κ2) is 6.26. The van der Waals surface area contributed by atoms with Crippen LogP contribution in [0.15, 0.2) is 5.16 Å². The predicted molar refractivity (Wildman–Crippen MR) is 43.2 cm³/mol. The Labute approximate surface area is 70.2 Å². The summed E-state index contributed by atoms with van der Waals surface area (Å²) in [5.74, 6) is -0.940. The van der Waals surface area contributed by atoms with Crippen molar-refractivity contribution < 1.29 is 14.7 Å². The number of hydrogen-bond donors (Lipinski definition) is 3. The van der Waals surface area contributed by atoms with E-state index in [1.807, 2.05) is 0 Å². The molecule has 0 unspecified atom stereocenters. The first-order valence-electron chi connectivity index (χ1n) is 3.55. The molecule has 12 heavy (non-hydrogen) atoms. The lowest BCUT2D eigenvalue weighted by atomic mass is 10.2. The smallest absolute Gasteiger partial charge is 0.303 e. The zero-order chi connectivity index (χ0) is 9.40. The van der Waals surface area contributed by atoms with Crippen LogP contribution in [-0.4, -0.2) is 23.6 Å². The number of rotatable bonds is 6. The summed E-state index contributed by atoms with van der Waals surface area (Å²) in [7, 11) is 0. The number of carboxylic acid groups (broad SMARTS) is 1. The molecule has 5 N–H and O–H groups in total. The molecule has 70 valence electrons. The second-order valence-corrected chi connectivity index (χ2v) is 2.20. The van der Waals surface area contributed by atoms with Crippen molar-refractivity contribution in [3.63, 3.8) is 0 Å². The number of guanidine groups is 1. The average Bonchev–Trinajstić information content (AvgIpc) is 1.95. The molecule has 0 saturated heterocycles. The third-order valence-corrected chi connectivity index (χ3v) is 1.05.